The maximum atomic E-state index is 10.7. The number of aromatic nitrogens is 3. The minimum absolute atomic E-state index is 0.258. The van der Waals surface area contributed by atoms with E-state index in [0.29, 0.717) is 17.1 Å². The van der Waals surface area contributed by atoms with Gasteiger partial charge in [-0.25, -0.2) is 0 Å². The zero-order chi connectivity index (χ0) is 14.5. The minimum atomic E-state index is -0.314. The fourth-order valence-corrected chi connectivity index (χ4v) is 1.90. The lowest BCUT2D eigenvalue weighted by Crippen LogP contribution is -2.10. The Bertz CT molecular complexity index is 646. The van der Waals surface area contributed by atoms with Gasteiger partial charge in [-0.15, -0.1) is 0 Å². The first-order valence-electron chi connectivity index (χ1n) is 6.05. The molecule has 0 aliphatic rings. The molecule has 20 heavy (non-hydrogen) atoms. The van der Waals surface area contributed by atoms with E-state index in [1.807, 2.05) is 24.3 Å². The third-order valence-corrected chi connectivity index (χ3v) is 2.97. The molecule has 7 heteroatoms. The van der Waals surface area contributed by atoms with Crippen molar-refractivity contribution in [1.82, 2.24) is 14.8 Å². The summed E-state index contributed by atoms with van der Waals surface area (Å²) in [4.78, 5) is 15.0. The molecule has 1 heterocycles. The Kier molecular flexibility index (Phi) is 4.52. The van der Waals surface area contributed by atoms with E-state index in [1.165, 1.54) is 6.92 Å². The predicted octanol–water partition coefficient (Wildman–Crippen LogP) is 2.18. The molecule has 0 aliphatic carbocycles. The van der Waals surface area contributed by atoms with Gasteiger partial charge in [0.25, 0.3) is 0 Å². The summed E-state index contributed by atoms with van der Waals surface area (Å²) in [5.74, 6) is 1.13. The molecule has 1 N–H and O–H groups in total. The normalized spacial score (nSPS) is 10.3. The van der Waals surface area contributed by atoms with Crippen LogP contribution >= 0.6 is 12.2 Å². The van der Waals surface area contributed by atoms with Crippen molar-refractivity contribution in [2.24, 2.45) is 0 Å². The number of rotatable bonds is 5. The number of hydrogen-bond donors (Lipinski definition) is 1. The first-order chi connectivity index (χ1) is 9.60. The molecule has 2 rings (SSSR count). The van der Waals surface area contributed by atoms with Crippen molar-refractivity contribution >= 4 is 18.2 Å². The molecule has 2 aromatic rings. The second-order valence-corrected chi connectivity index (χ2v) is 4.44. The molecule has 0 unspecified atom stereocenters. The van der Waals surface area contributed by atoms with E-state index >= 15 is 0 Å². The van der Waals surface area contributed by atoms with E-state index in [0.717, 1.165) is 11.3 Å². The predicted molar refractivity (Wildman–Crippen MR) is 76.0 cm³/mol. The lowest BCUT2D eigenvalue weighted by atomic mass is 10.2. The summed E-state index contributed by atoms with van der Waals surface area (Å²) in [6.07, 6.45) is 0. The number of methoxy groups -OCH3 is 1. The summed E-state index contributed by atoms with van der Waals surface area (Å²) in [5.41, 5.74) is 0.906. The molecule has 1 aromatic carbocycles. The van der Waals surface area contributed by atoms with E-state index in [-0.39, 0.29) is 12.6 Å². The first kappa shape index (κ1) is 14.3. The van der Waals surface area contributed by atoms with Crippen LogP contribution in [0.25, 0.3) is 11.4 Å². The van der Waals surface area contributed by atoms with Crippen LogP contribution in [0.15, 0.2) is 24.3 Å². The highest BCUT2D eigenvalue weighted by atomic mass is 32.1. The van der Waals surface area contributed by atoms with Gasteiger partial charge in [-0.05, 0) is 36.5 Å². The number of nitrogens with zero attached hydrogens (tertiary/aromatic N) is 2. The second-order valence-electron chi connectivity index (χ2n) is 4.07. The van der Waals surface area contributed by atoms with Crippen LogP contribution in [0.3, 0.4) is 0 Å². The number of esters is 1. The lowest BCUT2D eigenvalue weighted by molar-refractivity contribution is -0.141. The molecule has 0 aliphatic heterocycles. The maximum absolute atomic E-state index is 10.7. The Morgan fingerprint density at radius 1 is 1.40 bits per heavy atom. The van der Waals surface area contributed by atoms with Gasteiger partial charge in [0.2, 0.25) is 4.77 Å². The Morgan fingerprint density at radius 2 is 2.10 bits per heavy atom. The highest BCUT2D eigenvalue weighted by Crippen LogP contribution is 2.19. The summed E-state index contributed by atoms with van der Waals surface area (Å²) in [6.45, 7) is 2.07. The smallest absolute Gasteiger partial charge is 0.302 e. The van der Waals surface area contributed by atoms with Gasteiger partial charge in [0.05, 0.1) is 13.7 Å². The quantitative estimate of drug-likeness (QED) is 0.676. The van der Waals surface area contributed by atoms with Crippen LogP contribution in [0, 0.1) is 4.77 Å². The first-order valence-corrected chi connectivity index (χ1v) is 6.45. The van der Waals surface area contributed by atoms with Gasteiger partial charge in [-0.1, -0.05) is 0 Å². The van der Waals surface area contributed by atoms with Crippen molar-refractivity contribution in [2.75, 3.05) is 13.7 Å². The van der Waals surface area contributed by atoms with Gasteiger partial charge in [0.15, 0.2) is 5.82 Å². The molecule has 0 saturated carbocycles. The van der Waals surface area contributed by atoms with Crippen LogP contribution in [0.2, 0.25) is 0 Å². The standard InChI is InChI=1S/C13H15N3O3S/c1-9(17)19-8-7-16-13(20)14-12(15-16)10-3-5-11(18-2)6-4-10/h3-6H,7-8H2,1-2H3,(H,14,15,20). The second kappa shape index (κ2) is 6.33. The summed E-state index contributed by atoms with van der Waals surface area (Å²) < 4.78 is 12.1. The molecule has 0 amide bonds. The highest BCUT2D eigenvalue weighted by Gasteiger charge is 2.05. The third kappa shape index (κ3) is 3.45. The SMILES string of the molecule is COc1ccc(-c2nc(=S)n(CCOC(C)=O)[nH]2)cc1. The number of aromatic amines is 1. The Labute approximate surface area is 121 Å². The van der Waals surface area contributed by atoms with Crippen LogP contribution in [0.5, 0.6) is 5.75 Å². The number of benzene rings is 1. The van der Waals surface area contributed by atoms with Crippen LogP contribution in [-0.2, 0) is 16.1 Å². The molecule has 0 spiro atoms. The van der Waals surface area contributed by atoms with Gasteiger partial charge in [-0.2, -0.15) is 4.98 Å². The molecular weight excluding hydrogens is 278 g/mol. The fourth-order valence-electron chi connectivity index (χ4n) is 1.67. The molecular formula is C13H15N3O3S. The number of ether oxygens (including phenoxy) is 2. The average Bonchev–Trinajstić information content (AvgIpc) is 2.80. The van der Waals surface area contributed by atoms with Crippen molar-refractivity contribution < 1.29 is 14.3 Å². The highest BCUT2D eigenvalue weighted by molar-refractivity contribution is 7.71. The number of nitrogens with one attached hydrogen (secondary N) is 1. The van der Waals surface area contributed by atoms with E-state index < -0.39 is 0 Å². The molecule has 0 bridgehead atoms. The number of hydrogen-bond acceptors (Lipinski definition) is 5. The molecule has 0 atom stereocenters. The van der Waals surface area contributed by atoms with Crippen LogP contribution < -0.4 is 4.74 Å². The van der Waals surface area contributed by atoms with Crippen molar-refractivity contribution in [3.8, 4) is 17.1 Å². The van der Waals surface area contributed by atoms with Gasteiger partial charge in [-0.3, -0.25) is 14.6 Å². The summed E-state index contributed by atoms with van der Waals surface area (Å²) in [7, 11) is 1.62. The van der Waals surface area contributed by atoms with E-state index in [1.54, 1.807) is 11.8 Å². The minimum Gasteiger partial charge on any atom is -0.497 e. The van der Waals surface area contributed by atoms with E-state index in [4.69, 9.17) is 21.7 Å². The van der Waals surface area contributed by atoms with E-state index in [2.05, 4.69) is 10.1 Å². The van der Waals surface area contributed by atoms with Crippen molar-refractivity contribution in [3.05, 3.63) is 29.0 Å². The zero-order valence-corrected chi connectivity index (χ0v) is 12.1. The average molecular weight is 293 g/mol. The fraction of sp³-hybridized carbons (Fsp3) is 0.308. The van der Waals surface area contributed by atoms with Gasteiger partial charge in [0.1, 0.15) is 12.4 Å². The number of H-pyrrole nitrogens is 1. The van der Waals surface area contributed by atoms with Gasteiger partial charge < -0.3 is 9.47 Å². The Morgan fingerprint density at radius 3 is 2.70 bits per heavy atom. The molecule has 0 fully saturated rings. The van der Waals surface area contributed by atoms with Crippen molar-refractivity contribution in [1.29, 1.82) is 0 Å². The Hall–Kier alpha value is -2.15. The van der Waals surface area contributed by atoms with Crippen molar-refractivity contribution in [2.45, 2.75) is 13.5 Å². The number of carbonyl (C=O) groups is 1. The monoisotopic (exact) mass is 293 g/mol. The molecule has 0 saturated heterocycles. The summed E-state index contributed by atoms with van der Waals surface area (Å²) >= 11 is 5.16. The third-order valence-electron chi connectivity index (χ3n) is 2.66. The molecule has 106 valence electrons. The van der Waals surface area contributed by atoms with Crippen LogP contribution in [0.4, 0.5) is 0 Å². The largest absolute Gasteiger partial charge is 0.497 e. The lowest BCUT2D eigenvalue weighted by Gasteiger charge is -2.03. The molecule has 6 nitrogen and oxygen atoms in total. The van der Waals surface area contributed by atoms with Gasteiger partial charge >= 0.3 is 5.97 Å². The molecule has 1 aromatic heterocycles. The van der Waals surface area contributed by atoms with Crippen molar-refractivity contribution in [3.63, 3.8) is 0 Å². The summed E-state index contributed by atoms with van der Waals surface area (Å²) in [5, 5.41) is 3.08. The topological polar surface area (TPSA) is 69.1 Å². The van der Waals surface area contributed by atoms with Crippen LogP contribution in [0.1, 0.15) is 6.92 Å². The summed E-state index contributed by atoms with van der Waals surface area (Å²) in [6, 6.07) is 7.49. The maximum Gasteiger partial charge on any atom is 0.302 e. The van der Waals surface area contributed by atoms with Crippen LogP contribution in [-0.4, -0.2) is 34.5 Å². The van der Waals surface area contributed by atoms with Gasteiger partial charge in [0, 0.05) is 12.5 Å². The van der Waals surface area contributed by atoms with E-state index in [9.17, 15) is 4.79 Å². The number of carbonyl (C=O) groups excluding carboxylic acids is 1. The zero-order valence-electron chi connectivity index (χ0n) is 11.3. The molecule has 0 radical (unpaired) electrons. The Balaban J connectivity index is 2.13.